The molecular weight excluding hydrogens is 494 g/mol. The molecule has 1 atom stereocenters. The minimum absolute atomic E-state index is 0.273. The van der Waals surface area contributed by atoms with E-state index in [9.17, 15) is 0 Å². The lowest BCUT2D eigenvalue weighted by atomic mass is 9.82. The van der Waals surface area contributed by atoms with E-state index in [1.165, 1.54) is 0 Å². The summed E-state index contributed by atoms with van der Waals surface area (Å²) in [6, 6.07) is 19.8. The fourth-order valence-corrected chi connectivity index (χ4v) is 5.29. The first-order valence-corrected chi connectivity index (χ1v) is 12.3. The molecule has 0 saturated carbocycles. The van der Waals surface area contributed by atoms with Crippen LogP contribution in [0.1, 0.15) is 22.6 Å². The third kappa shape index (κ3) is 3.54. The van der Waals surface area contributed by atoms with Crippen LogP contribution in [0, 0.1) is 0 Å². The zero-order valence-corrected chi connectivity index (χ0v) is 21.5. The van der Waals surface area contributed by atoms with Gasteiger partial charge in [-0.1, -0.05) is 30.3 Å². The van der Waals surface area contributed by atoms with Gasteiger partial charge in [0.05, 0.1) is 26.9 Å². The number of benzene rings is 3. The first kappa shape index (κ1) is 23.0. The smallest absolute Gasteiger partial charge is 0.228 e. The number of hydrogen-bond donors (Lipinski definition) is 0. The highest BCUT2D eigenvalue weighted by atomic mass is 16.5. The van der Waals surface area contributed by atoms with Crippen molar-refractivity contribution in [3.05, 3.63) is 96.1 Å². The Morgan fingerprint density at radius 2 is 1.64 bits per heavy atom. The molecule has 0 fully saturated rings. The molecule has 0 aliphatic carbocycles. The summed E-state index contributed by atoms with van der Waals surface area (Å²) in [6.07, 6.45) is 5.08. The third-order valence-electron chi connectivity index (χ3n) is 7.09. The fourth-order valence-electron chi connectivity index (χ4n) is 5.29. The number of aromatic nitrogens is 5. The van der Waals surface area contributed by atoms with Crippen molar-refractivity contribution in [3.63, 3.8) is 0 Å². The molecule has 7 rings (SSSR count). The van der Waals surface area contributed by atoms with Gasteiger partial charge in [-0.25, -0.2) is 14.5 Å². The van der Waals surface area contributed by atoms with E-state index in [2.05, 4.69) is 17.1 Å². The van der Waals surface area contributed by atoms with Crippen LogP contribution in [-0.4, -0.2) is 45.9 Å². The lowest BCUT2D eigenvalue weighted by molar-refractivity contribution is 0.354. The minimum Gasteiger partial charge on any atom is -0.496 e. The van der Waals surface area contributed by atoms with Crippen molar-refractivity contribution in [1.29, 1.82) is 0 Å². The second kappa shape index (κ2) is 8.98. The summed E-state index contributed by atoms with van der Waals surface area (Å²) in [7, 11) is 4.92. The van der Waals surface area contributed by atoms with E-state index in [0.29, 0.717) is 28.9 Å². The number of fused-ring (bicyclic) bond motifs is 6. The minimum atomic E-state index is -0.273. The first-order chi connectivity index (χ1) is 19.2. The molecule has 0 amide bonds. The molecule has 9 heteroatoms. The van der Waals surface area contributed by atoms with Crippen molar-refractivity contribution in [2.24, 2.45) is 0 Å². The summed E-state index contributed by atoms with van der Waals surface area (Å²) in [5.74, 6) is 3.55. The quantitative estimate of drug-likeness (QED) is 0.289. The standard InChI is InChI=1S/C30H23N5O4/c1-36-22-6-4-5-20-19(22)8-9-21-25(18-7-10-23(37-2)24(15-18)38-3)26-29-33-28(17-11-13-31-14-12-17)34-35(29)16-32-30(26)39-27(20)21/h4-16,25H,1-3H3. The maximum Gasteiger partial charge on any atom is 0.228 e. The van der Waals surface area contributed by atoms with Crippen molar-refractivity contribution < 1.29 is 18.9 Å². The van der Waals surface area contributed by atoms with Crippen molar-refractivity contribution in [3.8, 4) is 40.3 Å². The summed E-state index contributed by atoms with van der Waals surface area (Å²) in [5, 5.41) is 6.60. The van der Waals surface area contributed by atoms with Crippen LogP contribution >= 0.6 is 0 Å². The largest absolute Gasteiger partial charge is 0.496 e. The number of ether oxygens (including phenoxy) is 4. The first-order valence-electron chi connectivity index (χ1n) is 12.3. The van der Waals surface area contributed by atoms with Gasteiger partial charge in [0.2, 0.25) is 5.88 Å². The van der Waals surface area contributed by atoms with E-state index in [1.54, 1.807) is 44.6 Å². The highest BCUT2D eigenvalue weighted by molar-refractivity contribution is 5.95. The highest BCUT2D eigenvalue weighted by Gasteiger charge is 2.35. The Kier molecular flexibility index (Phi) is 5.29. The van der Waals surface area contributed by atoms with Gasteiger partial charge in [0.25, 0.3) is 0 Å². The van der Waals surface area contributed by atoms with Crippen LogP contribution in [0.4, 0.5) is 0 Å². The number of rotatable bonds is 5. The van der Waals surface area contributed by atoms with E-state index in [0.717, 1.165) is 44.5 Å². The molecule has 6 aromatic rings. The summed E-state index contributed by atoms with van der Waals surface area (Å²) >= 11 is 0. The van der Waals surface area contributed by atoms with Crippen molar-refractivity contribution in [2.45, 2.75) is 5.92 Å². The van der Waals surface area contributed by atoms with Gasteiger partial charge in [-0.05, 0) is 35.9 Å². The average molecular weight is 518 g/mol. The van der Waals surface area contributed by atoms with Crippen LogP contribution in [0.25, 0.3) is 27.8 Å². The topological polar surface area (TPSA) is 92.9 Å². The Morgan fingerprint density at radius 1 is 0.821 bits per heavy atom. The molecule has 0 radical (unpaired) electrons. The van der Waals surface area contributed by atoms with Crippen molar-refractivity contribution in [1.82, 2.24) is 24.6 Å². The van der Waals surface area contributed by atoms with Gasteiger partial charge in [-0.2, -0.15) is 0 Å². The zero-order chi connectivity index (χ0) is 26.5. The van der Waals surface area contributed by atoms with Crippen LogP contribution < -0.4 is 18.9 Å². The molecule has 3 aromatic carbocycles. The van der Waals surface area contributed by atoms with E-state index >= 15 is 0 Å². The number of methoxy groups -OCH3 is 3. The highest BCUT2D eigenvalue weighted by Crippen LogP contribution is 2.51. The zero-order valence-electron chi connectivity index (χ0n) is 21.5. The molecule has 4 heterocycles. The lowest BCUT2D eigenvalue weighted by Gasteiger charge is -2.29. The molecule has 0 bridgehead atoms. The van der Waals surface area contributed by atoms with Crippen LogP contribution in [0.5, 0.6) is 28.9 Å². The summed E-state index contributed by atoms with van der Waals surface area (Å²) in [5.41, 5.74) is 4.28. The molecule has 192 valence electrons. The van der Waals surface area contributed by atoms with Gasteiger partial charge >= 0.3 is 0 Å². The molecule has 39 heavy (non-hydrogen) atoms. The molecule has 9 nitrogen and oxygen atoms in total. The third-order valence-corrected chi connectivity index (χ3v) is 7.09. The molecular formula is C30H23N5O4. The maximum atomic E-state index is 6.55. The van der Waals surface area contributed by atoms with Crippen molar-refractivity contribution in [2.75, 3.05) is 21.3 Å². The summed E-state index contributed by atoms with van der Waals surface area (Å²) < 4.78 is 25.1. The Hall–Kier alpha value is -5.18. The molecule has 0 saturated heterocycles. The van der Waals surface area contributed by atoms with Gasteiger partial charge in [0.15, 0.2) is 23.0 Å². The van der Waals surface area contributed by atoms with Gasteiger partial charge in [-0.3, -0.25) is 4.98 Å². The number of hydrogen-bond acceptors (Lipinski definition) is 8. The van der Waals surface area contributed by atoms with E-state index in [4.69, 9.17) is 34.0 Å². The monoisotopic (exact) mass is 517 g/mol. The molecule has 1 aliphatic heterocycles. The van der Waals surface area contributed by atoms with Crippen LogP contribution in [0.3, 0.4) is 0 Å². The number of pyridine rings is 1. The predicted molar refractivity (Wildman–Crippen MR) is 145 cm³/mol. The predicted octanol–water partition coefficient (Wildman–Crippen LogP) is 5.65. The Balaban J connectivity index is 1.52. The van der Waals surface area contributed by atoms with E-state index in [-0.39, 0.29) is 5.92 Å². The average Bonchev–Trinajstić information content (AvgIpc) is 3.44. The van der Waals surface area contributed by atoms with Crippen molar-refractivity contribution >= 4 is 16.4 Å². The molecule has 0 spiro atoms. The second-order valence-electron chi connectivity index (χ2n) is 9.09. The molecule has 3 aromatic heterocycles. The van der Waals surface area contributed by atoms with Crippen LogP contribution in [-0.2, 0) is 0 Å². The Morgan fingerprint density at radius 3 is 2.44 bits per heavy atom. The SMILES string of the molecule is COc1ccc(C2c3ccc4c(OC)cccc4c3Oc3ncn4nc(-c5ccncc5)nc4c32)cc1OC. The van der Waals surface area contributed by atoms with Gasteiger partial charge in [0, 0.05) is 40.2 Å². The lowest BCUT2D eigenvalue weighted by Crippen LogP contribution is -2.15. The Labute approximate surface area is 223 Å². The Bertz CT molecular complexity index is 1870. The molecule has 1 aliphatic rings. The van der Waals surface area contributed by atoms with Gasteiger partial charge in [0.1, 0.15) is 17.8 Å². The fraction of sp³-hybridized carbons (Fsp3) is 0.133. The molecule has 1 unspecified atom stereocenters. The summed E-state index contributed by atoms with van der Waals surface area (Å²) in [4.78, 5) is 13.7. The molecule has 0 N–H and O–H groups in total. The normalized spacial score (nSPS) is 14.0. The van der Waals surface area contributed by atoms with Crippen LogP contribution in [0.2, 0.25) is 0 Å². The van der Waals surface area contributed by atoms with Crippen LogP contribution in [0.15, 0.2) is 79.4 Å². The number of nitrogens with zero attached hydrogens (tertiary/aromatic N) is 5. The maximum absolute atomic E-state index is 6.55. The van der Waals surface area contributed by atoms with E-state index in [1.807, 2.05) is 48.5 Å². The second-order valence-corrected chi connectivity index (χ2v) is 9.09. The summed E-state index contributed by atoms with van der Waals surface area (Å²) in [6.45, 7) is 0. The van der Waals surface area contributed by atoms with Gasteiger partial charge < -0.3 is 18.9 Å². The van der Waals surface area contributed by atoms with Gasteiger partial charge in [-0.15, -0.1) is 5.10 Å². The van der Waals surface area contributed by atoms with E-state index < -0.39 is 0 Å².